The highest BCUT2D eigenvalue weighted by atomic mass is 35.5. The third-order valence-electron chi connectivity index (χ3n) is 3.93. The van der Waals surface area contributed by atoms with Gasteiger partial charge >= 0.3 is 10.2 Å². The van der Waals surface area contributed by atoms with E-state index in [4.69, 9.17) is 11.6 Å². The molecule has 2 aromatic rings. The van der Waals surface area contributed by atoms with Crippen molar-refractivity contribution in [2.24, 2.45) is 0 Å². The van der Waals surface area contributed by atoms with E-state index < -0.39 is 16.1 Å². The molecule has 1 fully saturated rings. The fraction of sp³-hybridized carbons (Fsp3) is 0.333. The molecule has 128 valence electrons. The van der Waals surface area contributed by atoms with Crippen LogP contribution >= 0.6 is 11.6 Å². The van der Waals surface area contributed by atoms with E-state index >= 15 is 0 Å². The first kappa shape index (κ1) is 16.9. The highest BCUT2D eigenvalue weighted by Gasteiger charge is 2.38. The summed E-state index contributed by atoms with van der Waals surface area (Å²) in [5.41, 5.74) is 1.72. The molecule has 1 aliphatic rings. The maximum absolute atomic E-state index is 12.6. The molecule has 2 heterocycles. The lowest BCUT2D eigenvalue weighted by Gasteiger charge is -2.15. The van der Waals surface area contributed by atoms with Crippen LogP contribution in [-0.2, 0) is 16.8 Å². The Bertz CT molecular complexity index is 894. The van der Waals surface area contributed by atoms with E-state index in [0.29, 0.717) is 23.8 Å². The van der Waals surface area contributed by atoms with Crippen LogP contribution in [0.2, 0.25) is 5.02 Å². The number of aryl methyl sites for hydroxylation is 1. The van der Waals surface area contributed by atoms with E-state index in [2.05, 4.69) is 5.10 Å². The molecule has 1 amide bonds. The molecule has 0 saturated carbocycles. The largest absolute Gasteiger partial charge is 0.306 e. The minimum absolute atomic E-state index is 0.149. The quantitative estimate of drug-likeness (QED) is 0.823. The van der Waals surface area contributed by atoms with E-state index in [1.807, 2.05) is 18.2 Å². The molecule has 0 N–H and O–H groups in total. The summed E-state index contributed by atoms with van der Waals surface area (Å²) in [5, 5.41) is 4.94. The predicted molar refractivity (Wildman–Crippen MR) is 90.1 cm³/mol. The van der Waals surface area contributed by atoms with Crippen LogP contribution in [-0.4, -0.2) is 52.9 Å². The first-order chi connectivity index (χ1) is 11.3. The number of carbonyl (C=O) groups excluding carboxylic acids is 1. The van der Waals surface area contributed by atoms with Crippen molar-refractivity contribution in [3.63, 3.8) is 0 Å². The van der Waals surface area contributed by atoms with Crippen molar-refractivity contribution in [1.82, 2.24) is 18.4 Å². The lowest BCUT2D eigenvalue weighted by Crippen LogP contribution is -2.36. The van der Waals surface area contributed by atoms with Gasteiger partial charge in [0.15, 0.2) is 0 Å². The number of benzene rings is 1. The second-order valence-corrected chi connectivity index (χ2v) is 8.06. The molecule has 0 bridgehead atoms. The number of nitrogens with zero attached hydrogens (tertiary/aromatic N) is 4. The molecule has 1 aliphatic heterocycles. The number of hydrogen-bond acceptors (Lipinski definition) is 4. The number of carbonyl (C=O) groups is 1. The van der Waals surface area contributed by atoms with Crippen molar-refractivity contribution in [1.29, 1.82) is 0 Å². The van der Waals surface area contributed by atoms with Crippen molar-refractivity contribution in [2.45, 2.75) is 13.5 Å². The van der Waals surface area contributed by atoms with Gasteiger partial charge in [-0.3, -0.25) is 9.48 Å². The van der Waals surface area contributed by atoms with Crippen LogP contribution in [0.5, 0.6) is 0 Å². The summed E-state index contributed by atoms with van der Waals surface area (Å²) in [5.74, 6) is -0.547. The molecular formula is C15H17ClN4O3S. The summed E-state index contributed by atoms with van der Waals surface area (Å²) in [7, 11) is -2.27. The molecule has 0 atom stereocenters. The van der Waals surface area contributed by atoms with Gasteiger partial charge < -0.3 is 0 Å². The van der Waals surface area contributed by atoms with Crippen molar-refractivity contribution in [3.05, 3.63) is 52.3 Å². The van der Waals surface area contributed by atoms with Crippen molar-refractivity contribution >= 4 is 27.7 Å². The molecule has 0 spiro atoms. The van der Waals surface area contributed by atoms with Crippen molar-refractivity contribution in [3.8, 4) is 0 Å². The summed E-state index contributed by atoms with van der Waals surface area (Å²) >= 11 is 5.97. The fourth-order valence-electron chi connectivity index (χ4n) is 2.60. The zero-order valence-electron chi connectivity index (χ0n) is 13.3. The smallest absolute Gasteiger partial charge is 0.268 e. The minimum atomic E-state index is -3.72. The standard InChI is InChI=1S/C15H17ClN4O3S/c1-11-14(15(21)20-7-6-18(2)24(20,22)23)10-19(17-11)9-12-4-3-5-13(16)8-12/h3-5,8,10H,6-7,9H2,1-2H3. The highest BCUT2D eigenvalue weighted by molar-refractivity contribution is 7.87. The molecule has 24 heavy (non-hydrogen) atoms. The predicted octanol–water partition coefficient (Wildman–Crippen LogP) is 1.53. The molecule has 1 aromatic heterocycles. The van der Waals surface area contributed by atoms with Crippen LogP contribution in [0.25, 0.3) is 0 Å². The fourth-order valence-corrected chi connectivity index (χ4v) is 4.08. The maximum atomic E-state index is 12.6. The van der Waals surface area contributed by atoms with Gasteiger partial charge in [-0.1, -0.05) is 23.7 Å². The average molecular weight is 369 g/mol. The third-order valence-corrected chi connectivity index (χ3v) is 6.04. The zero-order valence-corrected chi connectivity index (χ0v) is 14.9. The Labute approximate surface area is 145 Å². The summed E-state index contributed by atoms with van der Waals surface area (Å²) in [6, 6.07) is 7.35. The lowest BCUT2D eigenvalue weighted by atomic mass is 10.2. The summed E-state index contributed by atoms with van der Waals surface area (Å²) in [6.45, 7) is 2.58. The Morgan fingerprint density at radius 3 is 2.71 bits per heavy atom. The summed E-state index contributed by atoms with van der Waals surface area (Å²) in [4.78, 5) is 12.6. The minimum Gasteiger partial charge on any atom is -0.268 e. The van der Waals surface area contributed by atoms with Gasteiger partial charge in [0.2, 0.25) is 0 Å². The number of aromatic nitrogens is 2. The van der Waals surface area contributed by atoms with Gasteiger partial charge in [0.1, 0.15) is 0 Å². The Balaban J connectivity index is 1.85. The van der Waals surface area contributed by atoms with Crippen LogP contribution < -0.4 is 0 Å². The van der Waals surface area contributed by atoms with Crippen LogP contribution in [0.3, 0.4) is 0 Å². The van der Waals surface area contributed by atoms with Gasteiger partial charge in [0, 0.05) is 24.8 Å². The average Bonchev–Trinajstić information content (AvgIpc) is 2.99. The summed E-state index contributed by atoms with van der Waals surface area (Å²) in [6.07, 6.45) is 1.58. The Kier molecular flexibility index (Phi) is 4.37. The highest BCUT2D eigenvalue weighted by Crippen LogP contribution is 2.20. The Morgan fingerprint density at radius 2 is 2.08 bits per heavy atom. The van der Waals surface area contributed by atoms with Crippen LogP contribution in [0, 0.1) is 6.92 Å². The van der Waals surface area contributed by atoms with E-state index in [0.717, 1.165) is 14.2 Å². The second-order valence-electron chi connectivity index (χ2n) is 5.66. The normalized spacial score (nSPS) is 17.4. The van der Waals surface area contributed by atoms with Gasteiger partial charge in [-0.2, -0.15) is 17.8 Å². The van der Waals surface area contributed by atoms with E-state index in [1.165, 1.54) is 7.05 Å². The monoisotopic (exact) mass is 368 g/mol. The second kappa shape index (κ2) is 6.19. The summed E-state index contributed by atoms with van der Waals surface area (Å²) < 4.78 is 28.0. The van der Waals surface area contributed by atoms with E-state index in [1.54, 1.807) is 23.9 Å². The molecule has 1 saturated heterocycles. The van der Waals surface area contributed by atoms with E-state index in [9.17, 15) is 13.2 Å². The molecule has 0 unspecified atom stereocenters. The Hall–Kier alpha value is -1.90. The zero-order chi connectivity index (χ0) is 17.5. The molecule has 3 rings (SSSR count). The van der Waals surface area contributed by atoms with Gasteiger partial charge in [-0.05, 0) is 24.6 Å². The molecule has 0 aliphatic carbocycles. The van der Waals surface area contributed by atoms with Crippen LogP contribution in [0.1, 0.15) is 21.6 Å². The third kappa shape index (κ3) is 3.04. The van der Waals surface area contributed by atoms with Gasteiger partial charge in [-0.15, -0.1) is 0 Å². The molecule has 0 radical (unpaired) electrons. The first-order valence-corrected chi connectivity index (χ1v) is 9.13. The molecule has 1 aromatic carbocycles. The lowest BCUT2D eigenvalue weighted by molar-refractivity contribution is 0.0871. The molecule has 7 nitrogen and oxygen atoms in total. The molecule has 9 heteroatoms. The Morgan fingerprint density at radius 1 is 1.33 bits per heavy atom. The SMILES string of the molecule is Cc1nn(Cc2cccc(Cl)c2)cc1C(=O)N1CCN(C)S1(=O)=O. The van der Waals surface area contributed by atoms with E-state index in [-0.39, 0.29) is 12.1 Å². The number of rotatable bonds is 3. The maximum Gasteiger partial charge on any atom is 0.306 e. The topological polar surface area (TPSA) is 75.5 Å². The van der Waals surface area contributed by atoms with Crippen LogP contribution in [0.4, 0.5) is 0 Å². The van der Waals surface area contributed by atoms with Crippen molar-refractivity contribution in [2.75, 3.05) is 20.1 Å². The van der Waals surface area contributed by atoms with Gasteiger partial charge in [-0.25, -0.2) is 4.31 Å². The molecular weight excluding hydrogens is 352 g/mol. The number of halogens is 1. The number of likely N-dealkylation sites (N-methyl/N-ethyl adjacent to an activating group) is 1. The number of hydrogen-bond donors (Lipinski definition) is 0. The first-order valence-electron chi connectivity index (χ1n) is 7.36. The van der Waals surface area contributed by atoms with Crippen LogP contribution in [0.15, 0.2) is 30.5 Å². The van der Waals surface area contributed by atoms with Crippen molar-refractivity contribution < 1.29 is 13.2 Å². The number of amides is 1. The van der Waals surface area contributed by atoms with Gasteiger partial charge in [0.05, 0.1) is 24.3 Å². The van der Waals surface area contributed by atoms with Gasteiger partial charge in [0.25, 0.3) is 5.91 Å².